The number of hydrogen-bond donors (Lipinski definition) is 0. The smallest absolute Gasteiger partial charge is 0.213 e. The fourth-order valence-electron chi connectivity index (χ4n) is 3.29. The first kappa shape index (κ1) is 18.4. The van der Waals surface area contributed by atoms with Crippen molar-refractivity contribution < 1.29 is 9.53 Å². The van der Waals surface area contributed by atoms with Crippen LogP contribution in [0.25, 0.3) is 17.0 Å². The highest BCUT2D eigenvalue weighted by Crippen LogP contribution is 2.28. The average molecular weight is 389 g/mol. The van der Waals surface area contributed by atoms with Gasteiger partial charge in [-0.15, -0.1) is 11.3 Å². The quantitative estimate of drug-likeness (QED) is 0.379. The Bertz CT molecular complexity index is 1100. The molecule has 1 saturated heterocycles. The number of carbonyl (C=O) groups excluding carboxylic acids is 1. The Kier molecular flexibility index (Phi) is 5.20. The lowest BCUT2D eigenvalue weighted by Crippen LogP contribution is -2.37. The van der Waals surface area contributed by atoms with E-state index in [9.17, 15) is 10.1 Å². The number of ketones is 1. The van der Waals surface area contributed by atoms with E-state index >= 15 is 0 Å². The Morgan fingerprint density at radius 1 is 1.29 bits per heavy atom. The van der Waals surface area contributed by atoms with Crippen LogP contribution in [0.3, 0.4) is 0 Å². The monoisotopic (exact) mass is 389 g/mol. The molecule has 3 heterocycles. The van der Waals surface area contributed by atoms with E-state index in [-0.39, 0.29) is 11.4 Å². The van der Waals surface area contributed by atoms with Crippen LogP contribution in [0.1, 0.15) is 20.8 Å². The van der Waals surface area contributed by atoms with Crippen molar-refractivity contribution in [2.75, 3.05) is 31.2 Å². The maximum Gasteiger partial charge on any atom is 0.213 e. The van der Waals surface area contributed by atoms with Crippen molar-refractivity contribution in [3.63, 3.8) is 0 Å². The van der Waals surface area contributed by atoms with Gasteiger partial charge in [0.05, 0.1) is 23.6 Å². The molecule has 0 unspecified atom stereocenters. The minimum Gasteiger partial charge on any atom is -0.378 e. The highest BCUT2D eigenvalue weighted by molar-refractivity contribution is 7.12. The van der Waals surface area contributed by atoms with E-state index in [2.05, 4.69) is 11.0 Å². The fourth-order valence-corrected chi connectivity index (χ4v) is 4.17. The first-order valence-electron chi connectivity index (χ1n) is 9.10. The van der Waals surface area contributed by atoms with Crippen molar-refractivity contribution in [1.29, 1.82) is 5.26 Å². The summed E-state index contributed by atoms with van der Waals surface area (Å²) in [6.45, 7) is 4.61. The van der Waals surface area contributed by atoms with Gasteiger partial charge in [-0.25, -0.2) is 4.98 Å². The van der Waals surface area contributed by atoms with Crippen LogP contribution in [-0.2, 0) is 4.74 Å². The lowest BCUT2D eigenvalue weighted by Gasteiger charge is -2.29. The topological polar surface area (TPSA) is 66.2 Å². The Morgan fingerprint density at radius 3 is 2.79 bits per heavy atom. The summed E-state index contributed by atoms with van der Waals surface area (Å²) in [6, 6.07) is 13.9. The number of allylic oxidation sites excluding steroid dienone is 1. The van der Waals surface area contributed by atoms with Crippen LogP contribution in [-0.4, -0.2) is 37.1 Å². The SMILES string of the molecule is Cc1ccsc1C(=O)/C(C#N)=C\c1cc2ccccc2nc1N1CCOCC1. The molecule has 0 atom stereocenters. The van der Waals surface area contributed by atoms with Gasteiger partial charge in [0.1, 0.15) is 17.5 Å². The minimum atomic E-state index is -0.240. The molecule has 28 heavy (non-hydrogen) atoms. The number of nitriles is 1. The molecule has 1 fully saturated rings. The number of aryl methyl sites for hydroxylation is 1. The van der Waals surface area contributed by atoms with Crippen LogP contribution in [0, 0.1) is 18.3 Å². The van der Waals surface area contributed by atoms with Crippen LogP contribution in [0.15, 0.2) is 47.4 Å². The first-order valence-corrected chi connectivity index (χ1v) is 9.98. The zero-order chi connectivity index (χ0) is 19.5. The minimum absolute atomic E-state index is 0.122. The highest BCUT2D eigenvalue weighted by Gasteiger charge is 2.20. The zero-order valence-electron chi connectivity index (χ0n) is 15.5. The highest BCUT2D eigenvalue weighted by atomic mass is 32.1. The molecular formula is C22H19N3O2S. The summed E-state index contributed by atoms with van der Waals surface area (Å²) in [4.78, 5) is 20.5. The summed E-state index contributed by atoms with van der Waals surface area (Å²) >= 11 is 1.36. The Labute approximate surface area is 167 Å². The second-order valence-electron chi connectivity index (χ2n) is 6.63. The molecule has 0 N–H and O–H groups in total. The van der Waals surface area contributed by atoms with Gasteiger partial charge in [0, 0.05) is 24.0 Å². The van der Waals surface area contributed by atoms with Crippen molar-refractivity contribution >= 4 is 39.9 Å². The number of fused-ring (bicyclic) bond motifs is 1. The maximum atomic E-state index is 12.9. The molecule has 1 aliphatic rings. The lowest BCUT2D eigenvalue weighted by atomic mass is 10.0. The number of morpholine rings is 1. The van der Waals surface area contributed by atoms with Gasteiger partial charge >= 0.3 is 0 Å². The number of pyridine rings is 1. The van der Waals surface area contributed by atoms with E-state index in [1.54, 1.807) is 6.08 Å². The molecule has 140 valence electrons. The normalized spacial score (nSPS) is 14.9. The molecule has 1 aromatic carbocycles. The molecule has 0 aliphatic carbocycles. The Balaban J connectivity index is 1.83. The largest absolute Gasteiger partial charge is 0.378 e. The van der Waals surface area contributed by atoms with Gasteiger partial charge in [0.15, 0.2) is 0 Å². The number of hydrogen-bond acceptors (Lipinski definition) is 6. The van der Waals surface area contributed by atoms with Gasteiger partial charge < -0.3 is 9.64 Å². The van der Waals surface area contributed by atoms with E-state index in [0.29, 0.717) is 18.1 Å². The van der Waals surface area contributed by atoms with Crippen molar-refractivity contribution in [3.05, 3.63) is 63.4 Å². The number of aromatic nitrogens is 1. The van der Waals surface area contributed by atoms with E-state index in [0.717, 1.165) is 40.9 Å². The van der Waals surface area contributed by atoms with Crippen LogP contribution in [0.5, 0.6) is 0 Å². The molecule has 2 aromatic heterocycles. The van der Waals surface area contributed by atoms with Crippen LogP contribution in [0.4, 0.5) is 5.82 Å². The number of para-hydroxylation sites is 1. The van der Waals surface area contributed by atoms with E-state index in [1.165, 1.54) is 11.3 Å². The number of thiophene rings is 1. The Morgan fingerprint density at radius 2 is 2.07 bits per heavy atom. The third kappa shape index (κ3) is 3.55. The summed E-state index contributed by atoms with van der Waals surface area (Å²) in [5.41, 5.74) is 2.68. The third-order valence-corrected chi connectivity index (χ3v) is 5.79. The summed E-state index contributed by atoms with van der Waals surface area (Å²) in [7, 11) is 0. The number of benzene rings is 1. The van der Waals surface area contributed by atoms with E-state index in [4.69, 9.17) is 9.72 Å². The van der Waals surface area contributed by atoms with E-state index < -0.39 is 0 Å². The standard InChI is InChI=1S/C22H19N3O2S/c1-15-6-11-28-21(15)20(26)18(14-23)13-17-12-16-4-2-3-5-19(16)24-22(17)25-7-9-27-10-8-25/h2-6,11-13H,7-10H2,1H3/b18-13-. The number of nitrogens with zero attached hydrogens (tertiary/aromatic N) is 3. The van der Waals surface area contributed by atoms with Crippen LogP contribution >= 0.6 is 11.3 Å². The molecule has 0 saturated carbocycles. The molecule has 6 heteroatoms. The fraction of sp³-hybridized carbons (Fsp3) is 0.227. The predicted octanol–water partition coefficient (Wildman–Crippen LogP) is 4.23. The Hall–Kier alpha value is -3.01. The molecule has 5 nitrogen and oxygen atoms in total. The van der Waals surface area contributed by atoms with Crippen molar-refractivity contribution in [2.24, 2.45) is 0 Å². The van der Waals surface area contributed by atoms with Crippen LogP contribution < -0.4 is 4.90 Å². The second kappa shape index (κ2) is 7.93. The van der Waals surface area contributed by atoms with Gasteiger partial charge in [-0.2, -0.15) is 5.26 Å². The number of carbonyl (C=O) groups is 1. The van der Waals surface area contributed by atoms with Gasteiger partial charge in [0.25, 0.3) is 0 Å². The number of ether oxygens (including phenoxy) is 1. The van der Waals surface area contributed by atoms with Gasteiger partial charge in [-0.3, -0.25) is 4.79 Å². The average Bonchev–Trinajstić information content (AvgIpc) is 3.17. The summed E-state index contributed by atoms with van der Waals surface area (Å²) in [5.74, 6) is 0.543. The summed E-state index contributed by atoms with van der Waals surface area (Å²) < 4.78 is 5.46. The van der Waals surface area contributed by atoms with Gasteiger partial charge in [-0.05, 0) is 42.1 Å². The maximum absolute atomic E-state index is 12.9. The summed E-state index contributed by atoms with van der Waals surface area (Å²) in [6.07, 6.45) is 1.67. The number of anilines is 1. The van der Waals surface area contributed by atoms with Crippen molar-refractivity contribution in [3.8, 4) is 6.07 Å². The second-order valence-corrected chi connectivity index (χ2v) is 7.54. The van der Waals surface area contributed by atoms with Gasteiger partial charge in [0.2, 0.25) is 5.78 Å². The predicted molar refractivity (Wildman–Crippen MR) is 112 cm³/mol. The lowest BCUT2D eigenvalue weighted by molar-refractivity contribution is 0.104. The molecular weight excluding hydrogens is 370 g/mol. The summed E-state index contributed by atoms with van der Waals surface area (Å²) in [5, 5.41) is 12.5. The number of rotatable bonds is 4. The molecule has 3 aromatic rings. The molecule has 0 spiro atoms. The first-order chi connectivity index (χ1) is 13.7. The molecule has 4 rings (SSSR count). The molecule has 0 amide bonds. The number of Topliss-reactive ketones (excluding diaryl/α,β-unsaturated/α-hetero) is 1. The van der Waals surface area contributed by atoms with Crippen molar-refractivity contribution in [1.82, 2.24) is 4.98 Å². The van der Waals surface area contributed by atoms with Crippen molar-refractivity contribution in [2.45, 2.75) is 6.92 Å². The zero-order valence-corrected chi connectivity index (χ0v) is 16.3. The molecule has 1 aliphatic heterocycles. The third-order valence-electron chi connectivity index (χ3n) is 4.78. The van der Waals surface area contributed by atoms with E-state index in [1.807, 2.05) is 48.7 Å². The molecule has 0 radical (unpaired) electrons. The van der Waals surface area contributed by atoms with Gasteiger partial charge in [-0.1, -0.05) is 18.2 Å². The van der Waals surface area contributed by atoms with Crippen LogP contribution in [0.2, 0.25) is 0 Å². The molecule has 0 bridgehead atoms.